The predicted molar refractivity (Wildman–Crippen MR) is 118 cm³/mol. The first-order valence-electron chi connectivity index (χ1n) is 10.8. The number of anilines is 1. The number of benzene rings is 1. The van der Waals surface area contributed by atoms with Gasteiger partial charge in [0.1, 0.15) is 28.8 Å². The number of thiophene rings is 1. The second kappa shape index (κ2) is 8.28. The summed E-state index contributed by atoms with van der Waals surface area (Å²) in [4.78, 5) is 13.5. The zero-order chi connectivity index (χ0) is 19.6. The van der Waals surface area contributed by atoms with E-state index >= 15 is 0 Å². The molecule has 2 aliphatic rings. The van der Waals surface area contributed by atoms with Crippen molar-refractivity contribution in [2.45, 2.75) is 44.6 Å². The molecule has 0 amide bonds. The Hall–Kier alpha value is -2.18. The number of fused-ring (bicyclic) bond motifs is 3. The molecule has 6 heteroatoms. The molecule has 5 nitrogen and oxygen atoms in total. The molecule has 1 atom stereocenters. The first kappa shape index (κ1) is 18.8. The van der Waals surface area contributed by atoms with Crippen LogP contribution in [0.25, 0.3) is 10.2 Å². The highest BCUT2D eigenvalue weighted by molar-refractivity contribution is 7.19. The van der Waals surface area contributed by atoms with Gasteiger partial charge in [-0.1, -0.05) is 12.1 Å². The van der Waals surface area contributed by atoms with Crippen molar-refractivity contribution in [3.8, 4) is 5.75 Å². The molecular weight excluding hydrogens is 380 g/mol. The van der Waals surface area contributed by atoms with Gasteiger partial charge in [-0.2, -0.15) is 0 Å². The number of para-hydroxylation sites is 1. The fourth-order valence-corrected chi connectivity index (χ4v) is 6.26. The van der Waals surface area contributed by atoms with Crippen molar-refractivity contribution in [1.82, 2.24) is 9.97 Å². The lowest BCUT2D eigenvalue weighted by atomic mass is 9.97. The van der Waals surface area contributed by atoms with Gasteiger partial charge in [0, 0.05) is 17.7 Å². The average Bonchev–Trinajstić information content (AvgIpc) is 3.42. The molecule has 0 radical (unpaired) electrons. The van der Waals surface area contributed by atoms with Gasteiger partial charge in [-0.25, -0.2) is 9.97 Å². The van der Waals surface area contributed by atoms with E-state index in [0.717, 1.165) is 29.4 Å². The normalized spacial score (nSPS) is 18.0. The molecule has 0 saturated carbocycles. The Bertz CT molecular complexity index is 996. The third kappa shape index (κ3) is 3.60. The third-order valence-electron chi connectivity index (χ3n) is 6.48. The number of nitrogens with one attached hydrogen (secondary N) is 2. The molecule has 1 saturated heterocycles. The zero-order valence-corrected chi connectivity index (χ0v) is 17.9. The van der Waals surface area contributed by atoms with E-state index in [1.807, 2.05) is 11.3 Å². The lowest BCUT2D eigenvalue weighted by Crippen LogP contribution is -3.11. The van der Waals surface area contributed by atoms with Crippen LogP contribution in [0.4, 0.5) is 5.82 Å². The molecule has 1 aromatic carbocycles. The maximum atomic E-state index is 5.71. The Morgan fingerprint density at radius 2 is 1.93 bits per heavy atom. The molecule has 1 aliphatic carbocycles. The topological polar surface area (TPSA) is 51.5 Å². The molecule has 2 N–H and O–H groups in total. The minimum atomic E-state index is 0.355. The number of aryl methyl sites for hydroxylation is 2. The van der Waals surface area contributed by atoms with Crippen LogP contribution in [0.15, 0.2) is 30.6 Å². The third-order valence-corrected chi connectivity index (χ3v) is 7.68. The number of nitrogens with zero attached hydrogens (tertiary/aromatic N) is 2. The van der Waals surface area contributed by atoms with E-state index in [1.165, 1.54) is 66.6 Å². The van der Waals surface area contributed by atoms with Crippen LogP contribution in [0.5, 0.6) is 5.75 Å². The molecule has 29 heavy (non-hydrogen) atoms. The Balaban J connectivity index is 1.47. The number of methoxy groups -OCH3 is 1. The van der Waals surface area contributed by atoms with Crippen LogP contribution in [0.1, 0.15) is 47.7 Å². The van der Waals surface area contributed by atoms with Gasteiger partial charge < -0.3 is 15.0 Å². The van der Waals surface area contributed by atoms with Gasteiger partial charge in [0.2, 0.25) is 0 Å². The second-order valence-corrected chi connectivity index (χ2v) is 9.24. The van der Waals surface area contributed by atoms with Crippen LogP contribution < -0.4 is 15.0 Å². The number of aromatic nitrogens is 2. The highest BCUT2D eigenvalue weighted by Crippen LogP contribution is 2.38. The zero-order valence-electron chi connectivity index (χ0n) is 17.0. The largest absolute Gasteiger partial charge is 0.496 e. The van der Waals surface area contributed by atoms with Crippen LogP contribution in [0, 0.1) is 0 Å². The van der Waals surface area contributed by atoms with E-state index in [1.54, 1.807) is 18.3 Å². The summed E-state index contributed by atoms with van der Waals surface area (Å²) in [6.07, 6.45) is 9.24. The number of rotatable bonds is 6. The maximum Gasteiger partial charge on any atom is 0.138 e. The summed E-state index contributed by atoms with van der Waals surface area (Å²) in [7, 11) is 1.77. The summed E-state index contributed by atoms with van der Waals surface area (Å²) >= 11 is 1.86. The van der Waals surface area contributed by atoms with Crippen molar-refractivity contribution >= 4 is 27.4 Å². The summed E-state index contributed by atoms with van der Waals surface area (Å²) in [6, 6.07) is 8.83. The van der Waals surface area contributed by atoms with Gasteiger partial charge in [0.05, 0.1) is 37.7 Å². The van der Waals surface area contributed by atoms with Gasteiger partial charge in [0.15, 0.2) is 0 Å². The first-order valence-corrected chi connectivity index (χ1v) is 11.6. The van der Waals surface area contributed by atoms with Crippen molar-refractivity contribution in [2.75, 3.05) is 32.1 Å². The summed E-state index contributed by atoms with van der Waals surface area (Å²) in [5.41, 5.74) is 2.78. The standard InChI is InChI=1S/C23H28N4OS/c1-28-19-10-4-2-8-16(19)18(27-12-6-7-13-27)14-24-22-21-17-9-3-5-11-20(17)29-23(21)26-15-25-22/h2,4,8,10,15,18H,3,5-7,9,11-14H2,1H3,(H,24,25,26)/p+1/t18-/m1/s1. The minimum absolute atomic E-state index is 0.355. The van der Waals surface area contributed by atoms with E-state index in [4.69, 9.17) is 4.74 Å². The van der Waals surface area contributed by atoms with E-state index < -0.39 is 0 Å². The minimum Gasteiger partial charge on any atom is -0.496 e. The average molecular weight is 410 g/mol. The van der Waals surface area contributed by atoms with Gasteiger partial charge in [-0.05, 0) is 43.4 Å². The van der Waals surface area contributed by atoms with Crippen molar-refractivity contribution in [3.63, 3.8) is 0 Å². The van der Waals surface area contributed by atoms with E-state index in [2.05, 4.69) is 39.6 Å². The molecule has 0 spiro atoms. The van der Waals surface area contributed by atoms with Crippen molar-refractivity contribution < 1.29 is 9.64 Å². The van der Waals surface area contributed by atoms with Crippen LogP contribution in [-0.2, 0) is 12.8 Å². The molecule has 2 aromatic heterocycles. The molecule has 0 unspecified atom stereocenters. The maximum absolute atomic E-state index is 5.71. The fraction of sp³-hybridized carbons (Fsp3) is 0.478. The molecule has 0 bridgehead atoms. The Labute approximate surface area is 176 Å². The van der Waals surface area contributed by atoms with Crippen LogP contribution in [-0.4, -0.2) is 36.7 Å². The van der Waals surface area contributed by atoms with E-state index in [9.17, 15) is 0 Å². The molecule has 3 heterocycles. The molecule has 3 aromatic rings. The SMILES string of the molecule is COc1ccccc1[C@@H](CNc1ncnc2sc3c(c12)CCCC3)[NH+]1CCCC1. The highest BCUT2D eigenvalue weighted by Gasteiger charge is 2.30. The number of likely N-dealkylation sites (tertiary alicyclic amines) is 1. The number of ether oxygens (including phenoxy) is 1. The number of hydrogen-bond acceptors (Lipinski definition) is 5. The van der Waals surface area contributed by atoms with Crippen molar-refractivity contribution in [1.29, 1.82) is 0 Å². The molecule has 1 fully saturated rings. The van der Waals surface area contributed by atoms with Crippen LogP contribution in [0.3, 0.4) is 0 Å². The summed E-state index contributed by atoms with van der Waals surface area (Å²) in [5.74, 6) is 1.99. The molecule has 1 aliphatic heterocycles. The van der Waals surface area contributed by atoms with Gasteiger partial charge in [-0.15, -0.1) is 11.3 Å². The fourth-order valence-electron chi connectivity index (χ4n) is 5.03. The second-order valence-electron chi connectivity index (χ2n) is 8.15. The van der Waals surface area contributed by atoms with Crippen LogP contribution >= 0.6 is 11.3 Å². The van der Waals surface area contributed by atoms with Crippen molar-refractivity contribution in [2.24, 2.45) is 0 Å². The molecule has 5 rings (SSSR count). The Kier molecular flexibility index (Phi) is 5.38. The Morgan fingerprint density at radius 1 is 1.10 bits per heavy atom. The summed E-state index contributed by atoms with van der Waals surface area (Å²) in [5, 5.41) is 5.00. The Morgan fingerprint density at radius 3 is 2.79 bits per heavy atom. The lowest BCUT2D eigenvalue weighted by molar-refractivity contribution is -0.917. The first-order chi connectivity index (χ1) is 14.3. The summed E-state index contributed by atoms with van der Waals surface area (Å²) in [6.45, 7) is 3.29. The number of hydrogen-bond donors (Lipinski definition) is 2. The predicted octanol–water partition coefficient (Wildman–Crippen LogP) is 3.41. The van der Waals surface area contributed by atoms with Gasteiger partial charge >= 0.3 is 0 Å². The van der Waals surface area contributed by atoms with E-state index in [-0.39, 0.29) is 0 Å². The van der Waals surface area contributed by atoms with Gasteiger partial charge in [-0.3, -0.25) is 0 Å². The van der Waals surface area contributed by atoms with E-state index in [0.29, 0.717) is 6.04 Å². The quantitative estimate of drug-likeness (QED) is 0.655. The van der Waals surface area contributed by atoms with Crippen molar-refractivity contribution in [3.05, 3.63) is 46.6 Å². The number of quaternary nitrogens is 1. The van der Waals surface area contributed by atoms with Gasteiger partial charge in [0.25, 0.3) is 0 Å². The van der Waals surface area contributed by atoms with Crippen LogP contribution in [0.2, 0.25) is 0 Å². The highest BCUT2D eigenvalue weighted by atomic mass is 32.1. The summed E-state index contributed by atoms with van der Waals surface area (Å²) < 4.78 is 5.71. The smallest absolute Gasteiger partial charge is 0.138 e. The monoisotopic (exact) mass is 409 g/mol. The molecule has 152 valence electrons. The lowest BCUT2D eigenvalue weighted by Gasteiger charge is -2.27. The molecular formula is C23H29N4OS+.